The van der Waals surface area contributed by atoms with Crippen LogP contribution in [-0.2, 0) is 9.59 Å². The molecule has 1 heterocycles. The fourth-order valence-corrected chi connectivity index (χ4v) is 2.54. The number of methoxy groups -OCH3 is 1. The molecule has 112 valence electrons. The summed E-state index contributed by atoms with van der Waals surface area (Å²) in [5, 5.41) is 3.10. The maximum atomic E-state index is 12.5. The second-order valence-corrected chi connectivity index (χ2v) is 5.00. The smallest absolute Gasteiger partial charge is 0.256 e. The molecular weight excluding hydrogens is 280 g/mol. The van der Waals surface area contributed by atoms with Gasteiger partial charge in [0, 0.05) is 0 Å². The fraction of sp³-hybridized carbons (Fsp3) is 0.176. The molecule has 22 heavy (non-hydrogen) atoms. The van der Waals surface area contributed by atoms with Crippen molar-refractivity contribution in [1.29, 1.82) is 0 Å². The summed E-state index contributed by atoms with van der Waals surface area (Å²) in [6, 6.07) is 15.7. The first-order valence-corrected chi connectivity index (χ1v) is 7.02. The molecule has 0 aromatic heterocycles. The molecule has 1 fully saturated rings. The molecule has 0 spiro atoms. The lowest BCUT2D eigenvalue weighted by Gasteiger charge is -2.17. The average molecular weight is 296 g/mol. The van der Waals surface area contributed by atoms with Crippen molar-refractivity contribution in [2.75, 3.05) is 17.3 Å². The van der Waals surface area contributed by atoms with Gasteiger partial charge in [-0.25, -0.2) is 4.90 Å². The maximum Gasteiger partial charge on any atom is 0.256 e. The highest BCUT2D eigenvalue weighted by atomic mass is 16.5. The first-order valence-electron chi connectivity index (χ1n) is 7.02. The van der Waals surface area contributed by atoms with Gasteiger partial charge in [0.1, 0.15) is 11.8 Å². The van der Waals surface area contributed by atoms with Crippen LogP contribution in [0.1, 0.15) is 6.42 Å². The molecule has 0 radical (unpaired) electrons. The Morgan fingerprint density at radius 2 is 1.73 bits per heavy atom. The third-order valence-corrected chi connectivity index (χ3v) is 3.60. The standard InChI is InChI=1S/C17H16N2O3/c1-22-15-10-6-5-9-13(15)18-14-11-16(20)19(17(14)21)12-7-3-2-4-8-12/h2-10,14,18H,11H2,1H3/t14-/m0/s1. The van der Waals surface area contributed by atoms with Crippen molar-refractivity contribution in [3.63, 3.8) is 0 Å². The summed E-state index contributed by atoms with van der Waals surface area (Å²) >= 11 is 0. The summed E-state index contributed by atoms with van der Waals surface area (Å²) in [7, 11) is 1.57. The fourth-order valence-electron chi connectivity index (χ4n) is 2.54. The molecule has 1 aliphatic rings. The van der Waals surface area contributed by atoms with E-state index in [9.17, 15) is 9.59 Å². The van der Waals surface area contributed by atoms with E-state index in [4.69, 9.17) is 4.74 Å². The Labute approximate surface area is 128 Å². The molecule has 3 rings (SSSR count). The van der Waals surface area contributed by atoms with Crippen LogP contribution >= 0.6 is 0 Å². The van der Waals surface area contributed by atoms with E-state index in [1.54, 1.807) is 37.4 Å². The minimum atomic E-state index is -0.580. The Morgan fingerprint density at radius 1 is 1.05 bits per heavy atom. The second kappa shape index (κ2) is 5.89. The Hall–Kier alpha value is -2.82. The molecule has 2 amide bonds. The number of hydrogen-bond acceptors (Lipinski definition) is 4. The number of ether oxygens (including phenoxy) is 1. The number of nitrogens with zero attached hydrogens (tertiary/aromatic N) is 1. The SMILES string of the molecule is COc1ccccc1N[C@H]1CC(=O)N(c2ccccc2)C1=O. The van der Waals surface area contributed by atoms with Gasteiger partial charge in [-0.05, 0) is 24.3 Å². The number of rotatable bonds is 4. The normalized spacial score (nSPS) is 17.7. The largest absolute Gasteiger partial charge is 0.495 e. The van der Waals surface area contributed by atoms with Crippen LogP contribution in [0.2, 0.25) is 0 Å². The van der Waals surface area contributed by atoms with Crippen LogP contribution in [0.4, 0.5) is 11.4 Å². The van der Waals surface area contributed by atoms with Crippen molar-refractivity contribution in [3.8, 4) is 5.75 Å². The van der Waals surface area contributed by atoms with Gasteiger partial charge in [0.05, 0.1) is 24.9 Å². The second-order valence-electron chi connectivity index (χ2n) is 5.00. The van der Waals surface area contributed by atoms with Gasteiger partial charge in [0.2, 0.25) is 5.91 Å². The van der Waals surface area contributed by atoms with Crippen LogP contribution in [0.15, 0.2) is 54.6 Å². The lowest BCUT2D eigenvalue weighted by Crippen LogP contribution is -2.34. The zero-order valence-corrected chi connectivity index (χ0v) is 12.2. The summed E-state index contributed by atoms with van der Waals surface area (Å²) < 4.78 is 5.26. The van der Waals surface area contributed by atoms with Gasteiger partial charge in [-0.3, -0.25) is 9.59 Å². The Balaban J connectivity index is 1.83. The summed E-state index contributed by atoms with van der Waals surface area (Å²) in [6.45, 7) is 0. The van der Waals surface area contributed by atoms with Gasteiger partial charge in [0.15, 0.2) is 0 Å². The van der Waals surface area contributed by atoms with Crippen LogP contribution in [0.5, 0.6) is 5.75 Å². The summed E-state index contributed by atoms with van der Waals surface area (Å²) in [5.74, 6) is 0.187. The van der Waals surface area contributed by atoms with Crippen LogP contribution in [0.3, 0.4) is 0 Å². The molecule has 2 aromatic rings. The van der Waals surface area contributed by atoms with Crippen LogP contribution < -0.4 is 15.0 Å². The van der Waals surface area contributed by atoms with Crippen molar-refractivity contribution >= 4 is 23.2 Å². The molecule has 1 aliphatic heterocycles. The first kappa shape index (κ1) is 14.1. The maximum absolute atomic E-state index is 12.5. The van der Waals surface area contributed by atoms with Crippen molar-refractivity contribution in [2.24, 2.45) is 0 Å². The van der Waals surface area contributed by atoms with Gasteiger partial charge >= 0.3 is 0 Å². The Kier molecular flexibility index (Phi) is 3.78. The number of nitrogens with one attached hydrogen (secondary N) is 1. The van der Waals surface area contributed by atoms with Gasteiger partial charge in [-0.15, -0.1) is 0 Å². The number of hydrogen-bond donors (Lipinski definition) is 1. The third-order valence-electron chi connectivity index (χ3n) is 3.60. The van der Waals surface area contributed by atoms with Gasteiger partial charge in [-0.1, -0.05) is 30.3 Å². The van der Waals surface area contributed by atoms with Crippen molar-refractivity contribution < 1.29 is 14.3 Å². The number of carbonyl (C=O) groups excluding carboxylic acids is 2. The Morgan fingerprint density at radius 3 is 2.45 bits per heavy atom. The molecule has 0 bridgehead atoms. The number of imide groups is 1. The van der Waals surface area contributed by atoms with Crippen molar-refractivity contribution in [2.45, 2.75) is 12.5 Å². The number of carbonyl (C=O) groups is 2. The monoisotopic (exact) mass is 296 g/mol. The zero-order chi connectivity index (χ0) is 15.5. The molecular formula is C17H16N2O3. The summed E-state index contributed by atoms with van der Waals surface area (Å²) in [4.78, 5) is 25.9. The third kappa shape index (κ3) is 2.53. The van der Waals surface area contributed by atoms with Gasteiger partial charge in [0.25, 0.3) is 5.91 Å². The van der Waals surface area contributed by atoms with Crippen LogP contribution in [-0.4, -0.2) is 25.0 Å². The molecule has 1 atom stereocenters. The quantitative estimate of drug-likeness (QED) is 0.880. The first-order chi connectivity index (χ1) is 10.7. The minimum Gasteiger partial charge on any atom is -0.495 e. The predicted molar refractivity (Wildman–Crippen MR) is 84.0 cm³/mol. The van der Waals surface area contributed by atoms with E-state index in [1.165, 1.54) is 4.90 Å². The molecule has 1 saturated heterocycles. The average Bonchev–Trinajstić information content (AvgIpc) is 2.83. The van der Waals surface area contributed by atoms with Gasteiger partial charge in [-0.2, -0.15) is 0 Å². The number of anilines is 2. The molecule has 5 nitrogen and oxygen atoms in total. The highest BCUT2D eigenvalue weighted by molar-refractivity contribution is 6.23. The lowest BCUT2D eigenvalue weighted by atomic mass is 10.2. The van der Waals surface area contributed by atoms with Crippen molar-refractivity contribution in [3.05, 3.63) is 54.6 Å². The predicted octanol–water partition coefficient (Wildman–Crippen LogP) is 2.44. The van der Waals surface area contributed by atoms with Gasteiger partial charge < -0.3 is 10.1 Å². The van der Waals surface area contributed by atoms with Crippen LogP contribution in [0.25, 0.3) is 0 Å². The highest BCUT2D eigenvalue weighted by Gasteiger charge is 2.39. The van der Waals surface area contributed by atoms with Crippen molar-refractivity contribution in [1.82, 2.24) is 0 Å². The van der Waals surface area contributed by atoms with E-state index in [2.05, 4.69) is 5.32 Å². The molecule has 1 N–H and O–H groups in total. The molecule has 0 unspecified atom stereocenters. The lowest BCUT2D eigenvalue weighted by molar-refractivity contribution is -0.121. The van der Waals surface area contributed by atoms with E-state index < -0.39 is 6.04 Å². The van der Waals surface area contributed by atoms with E-state index in [1.807, 2.05) is 24.3 Å². The molecule has 5 heteroatoms. The topological polar surface area (TPSA) is 58.6 Å². The zero-order valence-electron chi connectivity index (χ0n) is 12.2. The molecule has 0 aliphatic carbocycles. The minimum absolute atomic E-state index is 0.131. The number of para-hydroxylation sites is 3. The number of amides is 2. The summed E-state index contributed by atoms with van der Waals surface area (Å²) in [6.07, 6.45) is 0.131. The van der Waals surface area contributed by atoms with E-state index in [0.29, 0.717) is 17.1 Å². The molecule has 0 saturated carbocycles. The van der Waals surface area contributed by atoms with E-state index in [0.717, 1.165) is 0 Å². The van der Waals surface area contributed by atoms with Crippen LogP contribution in [0, 0.1) is 0 Å². The number of benzene rings is 2. The molecule has 2 aromatic carbocycles. The van der Waals surface area contributed by atoms with E-state index in [-0.39, 0.29) is 18.2 Å². The highest BCUT2D eigenvalue weighted by Crippen LogP contribution is 2.28. The van der Waals surface area contributed by atoms with E-state index >= 15 is 0 Å². The Bertz CT molecular complexity index is 700. The summed E-state index contributed by atoms with van der Waals surface area (Å²) in [5.41, 5.74) is 1.30.